The number of methoxy groups -OCH3 is 1. The molecular formula is C23H29NO3. The first-order valence-electron chi connectivity index (χ1n) is 9.74. The topological polar surface area (TPSA) is 47.6 Å². The van der Waals surface area contributed by atoms with E-state index in [1.165, 1.54) is 12.8 Å². The van der Waals surface area contributed by atoms with Gasteiger partial charge in [-0.1, -0.05) is 50.1 Å². The minimum absolute atomic E-state index is 0.123. The molecule has 1 saturated carbocycles. The van der Waals surface area contributed by atoms with Gasteiger partial charge < -0.3 is 14.8 Å². The van der Waals surface area contributed by atoms with Crippen molar-refractivity contribution in [1.82, 2.24) is 0 Å². The molecule has 2 atom stereocenters. The second-order valence-corrected chi connectivity index (χ2v) is 7.45. The number of hydrogen-bond acceptors (Lipinski definition) is 3. The highest BCUT2D eigenvalue weighted by Gasteiger charge is 2.19. The Labute approximate surface area is 161 Å². The Bertz CT molecular complexity index is 759. The number of rotatable bonds is 7. The van der Waals surface area contributed by atoms with Crippen molar-refractivity contribution in [3.05, 3.63) is 65.2 Å². The van der Waals surface area contributed by atoms with Gasteiger partial charge >= 0.3 is 0 Å². The Hall–Kier alpha value is -2.17. The van der Waals surface area contributed by atoms with Crippen molar-refractivity contribution in [2.75, 3.05) is 12.4 Å². The van der Waals surface area contributed by atoms with Gasteiger partial charge in [0.05, 0.1) is 19.3 Å². The zero-order valence-electron chi connectivity index (χ0n) is 16.2. The van der Waals surface area contributed by atoms with Crippen LogP contribution in [0.15, 0.2) is 48.5 Å². The van der Waals surface area contributed by atoms with E-state index in [-0.39, 0.29) is 5.91 Å². The van der Waals surface area contributed by atoms with Crippen LogP contribution < -0.4 is 5.32 Å². The molecule has 1 aliphatic rings. The summed E-state index contributed by atoms with van der Waals surface area (Å²) in [5.74, 6) is 0.628. The number of anilines is 1. The third kappa shape index (κ3) is 5.65. The molecule has 1 N–H and O–H groups in total. The van der Waals surface area contributed by atoms with Gasteiger partial charge in [0, 0.05) is 18.4 Å². The van der Waals surface area contributed by atoms with Crippen molar-refractivity contribution >= 4 is 11.6 Å². The first-order valence-corrected chi connectivity index (χ1v) is 9.74. The van der Waals surface area contributed by atoms with Crippen molar-refractivity contribution in [3.63, 3.8) is 0 Å². The summed E-state index contributed by atoms with van der Waals surface area (Å²) in [7, 11) is 1.63. The number of benzene rings is 2. The van der Waals surface area contributed by atoms with Gasteiger partial charge in [0.1, 0.15) is 0 Å². The maximum atomic E-state index is 12.7. The quantitative estimate of drug-likeness (QED) is 0.733. The van der Waals surface area contributed by atoms with E-state index in [1.807, 2.05) is 48.5 Å². The van der Waals surface area contributed by atoms with Gasteiger partial charge in [-0.25, -0.2) is 0 Å². The Morgan fingerprint density at radius 1 is 1.11 bits per heavy atom. The largest absolute Gasteiger partial charge is 0.380 e. The van der Waals surface area contributed by atoms with E-state index >= 15 is 0 Å². The molecule has 27 heavy (non-hydrogen) atoms. The van der Waals surface area contributed by atoms with E-state index in [9.17, 15) is 4.79 Å². The number of nitrogens with one attached hydrogen (secondary N) is 1. The molecule has 0 aromatic heterocycles. The van der Waals surface area contributed by atoms with Gasteiger partial charge in [0.2, 0.25) is 0 Å². The molecule has 1 aliphatic carbocycles. The van der Waals surface area contributed by atoms with Crippen LogP contribution in [0.4, 0.5) is 5.69 Å². The molecule has 144 valence electrons. The first kappa shape index (κ1) is 19.6. The van der Waals surface area contributed by atoms with Crippen molar-refractivity contribution in [2.24, 2.45) is 5.92 Å². The van der Waals surface area contributed by atoms with Gasteiger partial charge in [0.25, 0.3) is 5.91 Å². The summed E-state index contributed by atoms with van der Waals surface area (Å²) in [5, 5.41) is 2.99. The fraction of sp³-hybridized carbons (Fsp3) is 0.435. The Kier molecular flexibility index (Phi) is 7.02. The molecule has 0 radical (unpaired) electrons. The molecule has 4 heteroatoms. The molecule has 0 heterocycles. The van der Waals surface area contributed by atoms with Crippen molar-refractivity contribution in [3.8, 4) is 0 Å². The monoisotopic (exact) mass is 367 g/mol. The molecular weight excluding hydrogens is 338 g/mol. The normalized spacial score (nSPS) is 19.6. The lowest BCUT2D eigenvalue weighted by atomic mass is 9.89. The molecule has 1 fully saturated rings. The van der Waals surface area contributed by atoms with E-state index in [0.29, 0.717) is 24.9 Å². The molecule has 2 aromatic carbocycles. The molecule has 0 spiro atoms. The van der Waals surface area contributed by atoms with Crippen LogP contribution in [0, 0.1) is 5.92 Å². The lowest BCUT2D eigenvalue weighted by Crippen LogP contribution is -2.21. The summed E-state index contributed by atoms with van der Waals surface area (Å²) in [6, 6.07) is 15.4. The predicted octanol–water partition coefficient (Wildman–Crippen LogP) is 5.18. The minimum Gasteiger partial charge on any atom is -0.380 e. The highest BCUT2D eigenvalue weighted by Crippen LogP contribution is 2.26. The summed E-state index contributed by atoms with van der Waals surface area (Å²) >= 11 is 0. The molecule has 4 nitrogen and oxygen atoms in total. The average Bonchev–Trinajstić information content (AvgIpc) is 2.67. The number of hydrogen-bond donors (Lipinski definition) is 1. The van der Waals surface area contributed by atoms with Crippen molar-refractivity contribution in [1.29, 1.82) is 0 Å². The molecule has 0 saturated heterocycles. The van der Waals surface area contributed by atoms with Gasteiger partial charge in [-0.05, 0) is 48.1 Å². The second-order valence-electron chi connectivity index (χ2n) is 7.45. The molecule has 0 aliphatic heterocycles. The number of carbonyl (C=O) groups is 1. The highest BCUT2D eigenvalue weighted by atomic mass is 16.5. The van der Waals surface area contributed by atoms with Gasteiger partial charge in [-0.3, -0.25) is 4.79 Å². The number of ether oxygens (including phenoxy) is 2. The van der Waals surface area contributed by atoms with Crippen LogP contribution in [-0.2, 0) is 22.7 Å². The van der Waals surface area contributed by atoms with Gasteiger partial charge in [-0.2, -0.15) is 0 Å². The SMILES string of the molecule is COCc1ccccc1C(=O)Nc1cccc(COC2CCCC(C)C2)c1. The van der Waals surface area contributed by atoms with E-state index in [0.717, 1.165) is 35.6 Å². The summed E-state index contributed by atoms with van der Waals surface area (Å²) in [4.78, 5) is 12.7. The third-order valence-corrected chi connectivity index (χ3v) is 5.12. The fourth-order valence-electron chi connectivity index (χ4n) is 3.70. The summed E-state index contributed by atoms with van der Waals surface area (Å²) < 4.78 is 11.3. The highest BCUT2D eigenvalue weighted by molar-refractivity contribution is 6.05. The smallest absolute Gasteiger partial charge is 0.256 e. The average molecular weight is 367 g/mol. The fourth-order valence-corrected chi connectivity index (χ4v) is 3.70. The zero-order chi connectivity index (χ0) is 19.1. The van der Waals surface area contributed by atoms with E-state index in [1.54, 1.807) is 7.11 Å². The molecule has 1 amide bonds. The number of amides is 1. The van der Waals surface area contributed by atoms with Gasteiger partial charge in [-0.15, -0.1) is 0 Å². The van der Waals surface area contributed by atoms with Crippen LogP contribution in [0.5, 0.6) is 0 Å². The third-order valence-electron chi connectivity index (χ3n) is 5.12. The molecule has 2 aromatic rings. The van der Waals surface area contributed by atoms with E-state index < -0.39 is 0 Å². The Morgan fingerprint density at radius 2 is 1.96 bits per heavy atom. The molecule has 3 rings (SSSR count). The van der Waals surface area contributed by atoms with Crippen LogP contribution in [-0.4, -0.2) is 19.1 Å². The van der Waals surface area contributed by atoms with Crippen molar-refractivity contribution in [2.45, 2.75) is 51.9 Å². The molecule has 0 bridgehead atoms. The van der Waals surface area contributed by atoms with Gasteiger partial charge in [0.15, 0.2) is 0 Å². The van der Waals surface area contributed by atoms with Crippen LogP contribution >= 0.6 is 0 Å². The first-order chi connectivity index (χ1) is 13.2. The zero-order valence-corrected chi connectivity index (χ0v) is 16.2. The number of carbonyl (C=O) groups excluding carboxylic acids is 1. The van der Waals surface area contributed by atoms with Crippen LogP contribution in [0.1, 0.15) is 54.1 Å². The summed E-state index contributed by atoms with van der Waals surface area (Å²) in [6.07, 6.45) is 5.21. The standard InChI is InChI=1S/C23H29NO3/c1-17-7-5-11-21(13-17)27-15-18-8-6-10-20(14-18)24-23(25)22-12-4-3-9-19(22)16-26-2/h3-4,6,8-10,12,14,17,21H,5,7,11,13,15-16H2,1-2H3,(H,24,25). The van der Waals surface area contributed by atoms with Crippen LogP contribution in [0.25, 0.3) is 0 Å². The Balaban J connectivity index is 1.61. The van der Waals surface area contributed by atoms with Crippen molar-refractivity contribution < 1.29 is 14.3 Å². The maximum Gasteiger partial charge on any atom is 0.256 e. The second kappa shape index (κ2) is 9.67. The summed E-state index contributed by atoms with van der Waals surface area (Å²) in [6.45, 7) is 3.30. The Morgan fingerprint density at radius 3 is 2.78 bits per heavy atom. The molecule has 2 unspecified atom stereocenters. The maximum absolute atomic E-state index is 12.7. The lowest BCUT2D eigenvalue weighted by molar-refractivity contribution is 0.00468. The predicted molar refractivity (Wildman–Crippen MR) is 108 cm³/mol. The minimum atomic E-state index is -0.123. The lowest BCUT2D eigenvalue weighted by Gasteiger charge is -2.26. The van der Waals surface area contributed by atoms with Crippen LogP contribution in [0.2, 0.25) is 0 Å². The van der Waals surface area contributed by atoms with E-state index in [4.69, 9.17) is 9.47 Å². The van der Waals surface area contributed by atoms with E-state index in [2.05, 4.69) is 12.2 Å². The van der Waals surface area contributed by atoms with Crippen LogP contribution in [0.3, 0.4) is 0 Å². The summed E-state index contributed by atoms with van der Waals surface area (Å²) in [5.41, 5.74) is 3.38.